The molecule has 0 spiro atoms. The molecule has 0 aromatic carbocycles. The van der Waals surface area contributed by atoms with Crippen LogP contribution in [-0.2, 0) is 0 Å². The summed E-state index contributed by atoms with van der Waals surface area (Å²) >= 11 is 0. The molecular formula is C13H34. The van der Waals surface area contributed by atoms with Crippen molar-refractivity contribution in [3.63, 3.8) is 0 Å². The highest BCUT2D eigenvalue weighted by atomic mass is 14.1. The highest BCUT2D eigenvalue weighted by Gasteiger charge is 2.05. The molecule has 0 N–H and O–H groups in total. The van der Waals surface area contributed by atoms with Crippen LogP contribution in [0.25, 0.3) is 0 Å². The van der Waals surface area contributed by atoms with Gasteiger partial charge in [-0.2, -0.15) is 0 Å². The standard InChI is InChI=1S/C7H14.2C2H6.2CH4/c1-7-5-3-2-4-6-7;2*1-2;;/h7H,2-6H2,1H3;2*1-2H3;2*1H4. The van der Waals surface area contributed by atoms with Crippen LogP contribution < -0.4 is 0 Å². The minimum Gasteiger partial charge on any atom is -0.0776 e. The largest absolute Gasteiger partial charge is 0.0776 e. The van der Waals surface area contributed by atoms with Gasteiger partial charge >= 0.3 is 0 Å². The van der Waals surface area contributed by atoms with E-state index in [0.29, 0.717) is 0 Å². The number of rotatable bonds is 0. The van der Waals surface area contributed by atoms with Gasteiger partial charge in [0, 0.05) is 0 Å². The Morgan fingerprint density at radius 1 is 0.692 bits per heavy atom. The Bertz CT molecular complexity index is 42.0. The molecule has 0 radical (unpaired) electrons. The van der Waals surface area contributed by atoms with Crippen LogP contribution in [0.5, 0.6) is 0 Å². The molecule has 0 nitrogen and oxygen atoms in total. The molecule has 0 aromatic rings. The summed E-state index contributed by atoms with van der Waals surface area (Å²) in [6, 6.07) is 0. The van der Waals surface area contributed by atoms with Crippen molar-refractivity contribution >= 4 is 0 Å². The molecule has 1 aliphatic rings. The van der Waals surface area contributed by atoms with Gasteiger partial charge in [-0.3, -0.25) is 0 Å². The van der Waals surface area contributed by atoms with Crippen molar-refractivity contribution in [1.29, 1.82) is 0 Å². The van der Waals surface area contributed by atoms with Crippen molar-refractivity contribution < 1.29 is 0 Å². The van der Waals surface area contributed by atoms with Gasteiger partial charge < -0.3 is 0 Å². The third-order valence-corrected chi connectivity index (χ3v) is 1.89. The zero-order valence-electron chi connectivity index (χ0n) is 9.11. The molecule has 1 fully saturated rings. The van der Waals surface area contributed by atoms with Crippen LogP contribution >= 0.6 is 0 Å². The van der Waals surface area contributed by atoms with E-state index in [9.17, 15) is 0 Å². The Labute approximate surface area is 88.1 Å². The average molecular weight is 190 g/mol. The third kappa shape index (κ3) is 18.8. The zero-order chi connectivity index (χ0) is 9.11. The van der Waals surface area contributed by atoms with E-state index in [1.165, 1.54) is 32.1 Å². The summed E-state index contributed by atoms with van der Waals surface area (Å²) in [5, 5.41) is 0. The van der Waals surface area contributed by atoms with Crippen molar-refractivity contribution in [1.82, 2.24) is 0 Å². The van der Waals surface area contributed by atoms with Gasteiger partial charge in [-0.05, 0) is 5.92 Å². The first kappa shape index (κ1) is 23.1. The fourth-order valence-electron chi connectivity index (χ4n) is 1.31. The van der Waals surface area contributed by atoms with Crippen LogP contribution in [0, 0.1) is 5.92 Å². The summed E-state index contributed by atoms with van der Waals surface area (Å²) in [6.07, 6.45) is 7.44. The van der Waals surface area contributed by atoms with Crippen LogP contribution in [0.1, 0.15) is 81.6 Å². The first-order valence-electron chi connectivity index (χ1n) is 5.39. The van der Waals surface area contributed by atoms with Gasteiger partial charge in [0.1, 0.15) is 0 Å². The number of hydrogen-bond donors (Lipinski definition) is 0. The molecule has 0 bridgehead atoms. The molecular weight excluding hydrogens is 156 g/mol. The zero-order valence-corrected chi connectivity index (χ0v) is 9.11. The fourth-order valence-corrected chi connectivity index (χ4v) is 1.31. The van der Waals surface area contributed by atoms with E-state index in [1.807, 2.05) is 27.7 Å². The summed E-state index contributed by atoms with van der Waals surface area (Å²) < 4.78 is 0. The topological polar surface area (TPSA) is 0 Å². The lowest BCUT2D eigenvalue weighted by Crippen LogP contribution is -1.99. The summed E-state index contributed by atoms with van der Waals surface area (Å²) in [5.74, 6) is 1.04. The monoisotopic (exact) mass is 190 g/mol. The predicted molar refractivity (Wildman–Crippen MR) is 68.4 cm³/mol. The Morgan fingerprint density at radius 3 is 1.15 bits per heavy atom. The van der Waals surface area contributed by atoms with Crippen LogP contribution in [0.2, 0.25) is 0 Å². The first-order chi connectivity index (χ1) is 5.39. The summed E-state index contributed by atoms with van der Waals surface area (Å²) in [7, 11) is 0. The van der Waals surface area contributed by atoms with E-state index < -0.39 is 0 Å². The molecule has 0 heterocycles. The van der Waals surface area contributed by atoms with Crippen molar-refractivity contribution in [2.45, 2.75) is 81.6 Å². The summed E-state index contributed by atoms with van der Waals surface area (Å²) in [6.45, 7) is 10.4. The minimum atomic E-state index is 0. The van der Waals surface area contributed by atoms with Crippen LogP contribution in [-0.4, -0.2) is 0 Å². The Hall–Kier alpha value is 0. The SMILES string of the molecule is C.C.CC.CC.CC1CCCCC1. The first-order valence-corrected chi connectivity index (χ1v) is 5.39. The Kier molecular flexibility index (Phi) is 40.3. The maximum absolute atomic E-state index is 2.36. The fraction of sp³-hybridized carbons (Fsp3) is 1.00. The molecule has 0 aromatic heterocycles. The van der Waals surface area contributed by atoms with E-state index in [0.717, 1.165) is 5.92 Å². The van der Waals surface area contributed by atoms with E-state index in [-0.39, 0.29) is 14.9 Å². The molecule has 13 heavy (non-hydrogen) atoms. The molecule has 0 saturated heterocycles. The van der Waals surface area contributed by atoms with Crippen molar-refractivity contribution in [2.75, 3.05) is 0 Å². The smallest absolute Gasteiger partial charge is 0.0443 e. The second-order valence-electron chi connectivity index (χ2n) is 2.74. The van der Waals surface area contributed by atoms with Gasteiger partial charge in [0.25, 0.3) is 0 Å². The van der Waals surface area contributed by atoms with Gasteiger partial charge in [-0.15, -0.1) is 0 Å². The Morgan fingerprint density at radius 2 is 1.00 bits per heavy atom. The molecule has 0 heteroatoms. The third-order valence-electron chi connectivity index (χ3n) is 1.89. The maximum Gasteiger partial charge on any atom is -0.0443 e. The molecule has 0 atom stereocenters. The second kappa shape index (κ2) is 22.7. The molecule has 1 saturated carbocycles. The highest BCUT2D eigenvalue weighted by Crippen LogP contribution is 2.21. The van der Waals surface area contributed by atoms with E-state index in [4.69, 9.17) is 0 Å². The normalized spacial score (nSPS) is 14.5. The quantitative estimate of drug-likeness (QED) is 0.445. The molecule has 86 valence electrons. The molecule has 0 amide bonds. The molecule has 0 unspecified atom stereocenters. The van der Waals surface area contributed by atoms with E-state index in [2.05, 4.69) is 6.92 Å². The number of hydrogen-bond acceptors (Lipinski definition) is 0. The molecule has 1 aliphatic carbocycles. The predicted octanol–water partition coefficient (Wildman–Crippen LogP) is 5.91. The molecule has 0 aliphatic heterocycles. The summed E-state index contributed by atoms with van der Waals surface area (Å²) in [5.41, 5.74) is 0. The van der Waals surface area contributed by atoms with Crippen LogP contribution in [0.4, 0.5) is 0 Å². The highest BCUT2D eigenvalue weighted by molar-refractivity contribution is 4.59. The lowest BCUT2D eigenvalue weighted by atomic mass is 9.91. The summed E-state index contributed by atoms with van der Waals surface area (Å²) in [4.78, 5) is 0. The lowest BCUT2D eigenvalue weighted by Gasteiger charge is -2.15. The molecule has 1 rings (SSSR count). The second-order valence-corrected chi connectivity index (χ2v) is 2.74. The maximum atomic E-state index is 2.36. The Balaban J connectivity index is -0.0000000607. The van der Waals surface area contributed by atoms with Crippen LogP contribution in [0.15, 0.2) is 0 Å². The van der Waals surface area contributed by atoms with Gasteiger partial charge in [0.2, 0.25) is 0 Å². The average Bonchev–Trinajstić information content (AvgIpc) is 2.13. The van der Waals surface area contributed by atoms with E-state index >= 15 is 0 Å². The lowest BCUT2D eigenvalue weighted by molar-refractivity contribution is 0.385. The van der Waals surface area contributed by atoms with Gasteiger partial charge in [-0.25, -0.2) is 0 Å². The van der Waals surface area contributed by atoms with Gasteiger partial charge in [0.05, 0.1) is 0 Å². The van der Waals surface area contributed by atoms with Crippen molar-refractivity contribution in [3.8, 4) is 0 Å². The van der Waals surface area contributed by atoms with Crippen molar-refractivity contribution in [3.05, 3.63) is 0 Å². The minimum absolute atomic E-state index is 0. The van der Waals surface area contributed by atoms with Gasteiger partial charge in [0.15, 0.2) is 0 Å². The van der Waals surface area contributed by atoms with E-state index in [1.54, 1.807) is 0 Å². The van der Waals surface area contributed by atoms with Crippen LogP contribution in [0.3, 0.4) is 0 Å². The van der Waals surface area contributed by atoms with Crippen molar-refractivity contribution in [2.24, 2.45) is 5.92 Å². The van der Waals surface area contributed by atoms with Gasteiger partial charge in [-0.1, -0.05) is 81.6 Å².